The largest absolute Gasteiger partial charge is 0.494 e. The van der Waals surface area contributed by atoms with Crippen LogP contribution in [-0.4, -0.2) is 76.5 Å². The van der Waals surface area contributed by atoms with Crippen molar-refractivity contribution in [3.05, 3.63) is 105 Å². The van der Waals surface area contributed by atoms with E-state index in [0.29, 0.717) is 26.4 Å². The predicted octanol–water partition coefficient (Wildman–Crippen LogP) is 7.26. The Hall–Kier alpha value is -3.86. The number of hydrogen-bond acceptors (Lipinski definition) is 9. The highest BCUT2D eigenvalue weighted by molar-refractivity contribution is 7.24. The summed E-state index contributed by atoms with van der Waals surface area (Å²) < 4.78 is 21.8. The Labute approximate surface area is 282 Å². The zero-order valence-corrected chi connectivity index (χ0v) is 28.5. The molecule has 0 unspecified atom stereocenters. The monoisotopic (exact) mass is 668 g/mol. The van der Waals surface area contributed by atoms with E-state index in [1.165, 1.54) is 0 Å². The normalized spacial score (nSPS) is 11.8. The van der Waals surface area contributed by atoms with Crippen LogP contribution in [0.2, 0.25) is 0 Å². The summed E-state index contributed by atoms with van der Waals surface area (Å²) >= 11 is 3.27. The highest BCUT2D eigenvalue weighted by atomic mass is 32.1. The van der Waals surface area contributed by atoms with Crippen LogP contribution >= 0.6 is 22.7 Å². The number of rotatable bonds is 16. The molecule has 47 heavy (non-hydrogen) atoms. The van der Waals surface area contributed by atoms with Crippen LogP contribution in [0, 0.1) is 0 Å². The number of likely N-dealkylation sites (N-methyl/N-ethyl adjacent to an activating group) is 2. The minimum atomic E-state index is 0.0618. The third kappa shape index (κ3) is 8.36. The van der Waals surface area contributed by atoms with Gasteiger partial charge in [-0.15, -0.1) is 22.7 Å². The maximum atomic E-state index is 12.9. The molecule has 6 rings (SSSR count). The van der Waals surface area contributed by atoms with Gasteiger partial charge in [-0.2, -0.15) is 0 Å². The average Bonchev–Trinajstić information content (AvgIpc) is 3.09. The first-order valence-corrected chi connectivity index (χ1v) is 17.7. The maximum absolute atomic E-state index is 12.9. The van der Waals surface area contributed by atoms with Gasteiger partial charge in [0.1, 0.15) is 11.5 Å². The molecule has 0 atom stereocenters. The standard InChI is InChI=1S/C38H40N2O5S2/c1-39(17-7-21-44-27-13-15-35-31(25-27)37(41)29-9-3-5-11-33(29)46-35)19-23-43-24-20-40(2)18-8-22-45-28-14-16-36-32(26-28)38(42)30-10-4-6-12-34(30)47-36/h3-6,9-16,25-26H,7-8,17-24H2,1-2H3. The molecule has 244 valence electrons. The first kappa shape index (κ1) is 33.1. The van der Waals surface area contributed by atoms with Gasteiger partial charge in [-0.1, -0.05) is 24.3 Å². The second-order valence-corrected chi connectivity index (χ2v) is 14.0. The Kier molecular flexibility index (Phi) is 11.1. The van der Waals surface area contributed by atoms with Crippen molar-refractivity contribution in [3.63, 3.8) is 0 Å². The highest BCUT2D eigenvalue weighted by Gasteiger charge is 2.09. The van der Waals surface area contributed by atoms with Gasteiger partial charge in [0, 0.05) is 66.5 Å². The van der Waals surface area contributed by atoms with Crippen LogP contribution in [0.5, 0.6) is 11.5 Å². The van der Waals surface area contributed by atoms with Crippen LogP contribution in [0.1, 0.15) is 12.8 Å². The zero-order valence-electron chi connectivity index (χ0n) is 26.9. The van der Waals surface area contributed by atoms with Gasteiger partial charge in [0.2, 0.25) is 0 Å². The highest BCUT2D eigenvalue weighted by Crippen LogP contribution is 2.28. The topological polar surface area (TPSA) is 68.3 Å². The SMILES string of the molecule is CN(CCCOc1ccc2sc3ccccc3c(=O)c2c1)CCOCCN(C)CCCOc1ccc2sc3ccccc3c(=O)c2c1. The molecule has 0 fully saturated rings. The third-order valence-corrected chi connectivity index (χ3v) is 10.5. The first-order chi connectivity index (χ1) is 23.0. The Morgan fingerprint density at radius 1 is 0.511 bits per heavy atom. The van der Waals surface area contributed by atoms with Crippen LogP contribution in [-0.2, 0) is 4.74 Å². The van der Waals surface area contributed by atoms with Crippen molar-refractivity contribution in [3.8, 4) is 11.5 Å². The van der Waals surface area contributed by atoms with Crippen molar-refractivity contribution >= 4 is 63.0 Å². The Morgan fingerprint density at radius 3 is 1.40 bits per heavy atom. The third-order valence-electron chi connectivity index (χ3n) is 8.24. The summed E-state index contributed by atoms with van der Waals surface area (Å²) in [6, 6.07) is 27.1. The lowest BCUT2D eigenvalue weighted by molar-refractivity contribution is 0.0918. The van der Waals surface area contributed by atoms with Gasteiger partial charge in [-0.3, -0.25) is 9.59 Å². The lowest BCUT2D eigenvalue weighted by atomic mass is 10.2. The molecule has 0 bridgehead atoms. The minimum absolute atomic E-state index is 0.0618. The van der Waals surface area contributed by atoms with Crippen molar-refractivity contribution in [1.82, 2.24) is 9.80 Å². The van der Waals surface area contributed by atoms with Crippen molar-refractivity contribution in [1.29, 1.82) is 0 Å². The fourth-order valence-corrected chi connectivity index (χ4v) is 7.66. The van der Waals surface area contributed by atoms with Crippen molar-refractivity contribution in [2.75, 3.05) is 66.7 Å². The van der Waals surface area contributed by atoms with Crippen LogP contribution in [0.15, 0.2) is 94.5 Å². The summed E-state index contributed by atoms with van der Waals surface area (Å²) in [6.45, 7) is 6.06. The van der Waals surface area contributed by atoms with Crippen LogP contribution in [0.25, 0.3) is 40.3 Å². The maximum Gasteiger partial charge on any atom is 0.196 e. The fraction of sp³-hybridized carbons (Fsp3) is 0.316. The zero-order chi connectivity index (χ0) is 32.6. The van der Waals surface area contributed by atoms with E-state index in [9.17, 15) is 9.59 Å². The van der Waals surface area contributed by atoms with E-state index in [4.69, 9.17) is 14.2 Å². The molecule has 0 amide bonds. The molecular formula is C38H40N2O5S2. The van der Waals surface area contributed by atoms with Gasteiger partial charge >= 0.3 is 0 Å². The van der Waals surface area contributed by atoms with E-state index in [-0.39, 0.29) is 10.9 Å². The molecule has 2 aromatic heterocycles. The van der Waals surface area contributed by atoms with E-state index in [0.717, 1.165) is 90.9 Å². The van der Waals surface area contributed by atoms with Crippen LogP contribution in [0.3, 0.4) is 0 Å². The second kappa shape index (κ2) is 15.8. The quantitative estimate of drug-likeness (QED) is 0.0795. The summed E-state index contributed by atoms with van der Waals surface area (Å²) in [6.07, 6.45) is 1.78. The van der Waals surface area contributed by atoms with Gasteiger partial charge in [0.05, 0.1) is 26.4 Å². The molecule has 0 N–H and O–H groups in total. The molecule has 4 aromatic carbocycles. The molecule has 0 aliphatic rings. The van der Waals surface area contributed by atoms with Gasteiger partial charge in [-0.05, 0) is 87.6 Å². The summed E-state index contributed by atoms with van der Waals surface area (Å²) in [5.41, 5.74) is 0.124. The molecule has 0 saturated carbocycles. The summed E-state index contributed by atoms with van der Waals surface area (Å²) in [4.78, 5) is 30.4. The summed E-state index contributed by atoms with van der Waals surface area (Å²) in [5, 5.41) is 2.95. The van der Waals surface area contributed by atoms with E-state index < -0.39 is 0 Å². The van der Waals surface area contributed by atoms with Gasteiger partial charge in [-0.25, -0.2) is 0 Å². The summed E-state index contributed by atoms with van der Waals surface area (Å²) in [7, 11) is 4.19. The fourth-order valence-electron chi connectivity index (χ4n) is 5.56. The van der Waals surface area contributed by atoms with E-state index >= 15 is 0 Å². The van der Waals surface area contributed by atoms with Gasteiger partial charge in [0.15, 0.2) is 10.9 Å². The predicted molar refractivity (Wildman–Crippen MR) is 197 cm³/mol. The van der Waals surface area contributed by atoms with Crippen molar-refractivity contribution < 1.29 is 14.2 Å². The molecule has 0 spiro atoms. The van der Waals surface area contributed by atoms with E-state index in [2.05, 4.69) is 23.9 Å². The Morgan fingerprint density at radius 2 is 0.936 bits per heavy atom. The lowest BCUT2D eigenvalue weighted by Crippen LogP contribution is -2.28. The lowest BCUT2D eigenvalue weighted by Gasteiger charge is -2.19. The van der Waals surface area contributed by atoms with E-state index in [1.807, 2.05) is 84.9 Å². The van der Waals surface area contributed by atoms with Crippen molar-refractivity contribution in [2.45, 2.75) is 12.8 Å². The van der Waals surface area contributed by atoms with Crippen LogP contribution < -0.4 is 20.3 Å². The first-order valence-electron chi connectivity index (χ1n) is 16.1. The minimum Gasteiger partial charge on any atom is -0.494 e. The molecular weight excluding hydrogens is 629 g/mol. The molecule has 0 saturated heterocycles. The molecule has 0 aliphatic carbocycles. The molecule has 6 aromatic rings. The van der Waals surface area contributed by atoms with Gasteiger partial charge < -0.3 is 24.0 Å². The average molecular weight is 669 g/mol. The van der Waals surface area contributed by atoms with Crippen molar-refractivity contribution in [2.24, 2.45) is 0 Å². The molecule has 7 nitrogen and oxygen atoms in total. The number of nitrogens with zero attached hydrogens (tertiary/aromatic N) is 2. The molecule has 2 heterocycles. The molecule has 9 heteroatoms. The summed E-state index contributed by atoms with van der Waals surface area (Å²) in [5.74, 6) is 1.47. The number of ether oxygens (including phenoxy) is 3. The Balaban J connectivity index is 0.828. The second-order valence-electron chi connectivity index (χ2n) is 11.8. The van der Waals surface area contributed by atoms with E-state index in [1.54, 1.807) is 22.7 Å². The van der Waals surface area contributed by atoms with Crippen LogP contribution in [0.4, 0.5) is 0 Å². The molecule has 0 aliphatic heterocycles. The molecule has 0 radical (unpaired) electrons. The number of benzene rings is 4. The Bertz CT molecular complexity index is 1940. The number of fused-ring (bicyclic) bond motifs is 4. The van der Waals surface area contributed by atoms with Gasteiger partial charge in [0.25, 0.3) is 0 Å². The smallest absolute Gasteiger partial charge is 0.196 e. The number of hydrogen-bond donors (Lipinski definition) is 0.